The van der Waals surface area contributed by atoms with Gasteiger partial charge in [0.05, 0.1) is 18.0 Å². The Labute approximate surface area is 155 Å². The minimum Gasteiger partial charge on any atom is -0.508 e. The minimum atomic E-state index is -0.528. The number of phenolic OH excluding ortho intramolecular Hbond substituents is 1. The maximum atomic E-state index is 12.7. The molecule has 1 aliphatic rings. The van der Waals surface area contributed by atoms with E-state index in [1.807, 2.05) is 30.3 Å². The molecule has 0 bridgehead atoms. The Morgan fingerprint density at radius 1 is 1.22 bits per heavy atom. The second kappa shape index (κ2) is 6.64. The van der Waals surface area contributed by atoms with E-state index in [0.29, 0.717) is 5.75 Å². The highest BCUT2D eigenvalue weighted by atomic mass is 16.5. The lowest BCUT2D eigenvalue weighted by Gasteiger charge is -2.29. The Bertz CT molecular complexity index is 1070. The van der Waals surface area contributed by atoms with Crippen LogP contribution in [-0.4, -0.2) is 22.7 Å². The van der Waals surface area contributed by atoms with Crippen molar-refractivity contribution in [2.75, 3.05) is 6.61 Å². The van der Waals surface area contributed by atoms with E-state index < -0.39 is 11.9 Å². The van der Waals surface area contributed by atoms with E-state index in [-0.39, 0.29) is 23.8 Å². The number of fused-ring (bicyclic) bond motifs is 2. The second-order valence-electron chi connectivity index (χ2n) is 6.17. The molecule has 0 fully saturated rings. The van der Waals surface area contributed by atoms with Crippen LogP contribution in [0.3, 0.4) is 0 Å². The standard InChI is InChI=1S/C21H18N2O4/c1-2-26-21(25)19-18(14-9-10-23-16-6-4-3-5-13(14)16)15-8-7-12(24)11-17(15)27-20(19)22/h3-11,18,24H,2,22H2,1H3/t18-/m1/s1. The zero-order valence-electron chi connectivity index (χ0n) is 14.7. The Kier molecular flexibility index (Phi) is 4.16. The maximum Gasteiger partial charge on any atom is 0.340 e. The molecule has 0 unspecified atom stereocenters. The van der Waals surface area contributed by atoms with Gasteiger partial charge in [-0.2, -0.15) is 0 Å². The lowest BCUT2D eigenvalue weighted by Crippen LogP contribution is -2.27. The minimum absolute atomic E-state index is 0.0301. The molecule has 2 heterocycles. The van der Waals surface area contributed by atoms with Crippen LogP contribution in [0, 0.1) is 0 Å². The molecule has 0 amide bonds. The van der Waals surface area contributed by atoms with Crippen LogP contribution in [-0.2, 0) is 9.53 Å². The third kappa shape index (κ3) is 2.85. The molecule has 3 N–H and O–H groups in total. The molecule has 1 aliphatic heterocycles. The molecule has 0 saturated carbocycles. The molecule has 27 heavy (non-hydrogen) atoms. The highest BCUT2D eigenvalue weighted by molar-refractivity contribution is 5.95. The van der Waals surface area contributed by atoms with E-state index in [1.54, 1.807) is 25.3 Å². The number of aromatic nitrogens is 1. The molecule has 6 nitrogen and oxygen atoms in total. The molecule has 0 radical (unpaired) electrons. The number of esters is 1. The average Bonchev–Trinajstić information content (AvgIpc) is 2.66. The van der Waals surface area contributed by atoms with E-state index >= 15 is 0 Å². The van der Waals surface area contributed by atoms with Crippen molar-refractivity contribution in [1.29, 1.82) is 0 Å². The number of para-hydroxylation sites is 1. The zero-order chi connectivity index (χ0) is 19.0. The van der Waals surface area contributed by atoms with Gasteiger partial charge in [-0.05, 0) is 30.7 Å². The molecule has 136 valence electrons. The van der Waals surface area contributed by atoms with Crippen LogP contribution >= 0.6 is 0 Å². The Balaban J connectivity index is 2.00. The monoisotopic (exact) mass is 362 g/mol. The van der Waals surface area contributed by atoms with Gasteiger partial charge in [-0.3, -0.25) is 4.98 Å². The number of hydrogen-bond donors (Lipinski definition) is 2. The van der Waals surface area contributed by atoms with Gasteiger partial charge in [0.2, 0.25) is 5.88 Å². The molecule has 0 saturated heterocycles. The van der Waals surface area contributed by atoms with Gasteiger partial charge in [-0.1, -0.05) is 24.3 Å². The quantitative estimate of drug-likeness (QED) is 0.695. The highest BCUT2D eigenvalue weighted by Crippen LogP contribution is 2.45. The number of aromatic hydroxyl groups is 1. The van der Waals surface area contributed by atoms with E-state index in [4.69, 9.17) is 15.2 Å². The smallest absolute Gasteiger partial charge is 0.340 e. The zero-order valence-corrected chi connectivity index (χ0v) is 14.7. The lowest BCUT2D eigenvalue weighted by atomic mass is 9.81. The van der Waals surface area contributed by atoms with Gasteiger partial charge in [0.25, 0.3) is 0 Å². The Morgan fingerprint density at radius 2 is 2.04 bits per heavy atom. The average molecular weight is 362 g/mol. The van der Waals surface area contributed by atoms with E-state index in [1.165, 1.54) is 6.07 Å². The summed E-state index contributed by atoms with van der Waals surface area (Å²) in [6, 6.07) is 14.3. The van der Waals surface area contributed by atoms with Crippen LogP contribution < -0.4 is 10.5 Å². The number of phenols is 1. The summed E-state index contributed by atoms with van der Waals surface area (Å²) in [5.41, 5.74) is 8.74. The Hall–Kier alpha value is -3.54. The fourth-order valence-electron chi connectivity index (χ4n) is 3.44. The van der Waals surface area contributed by atoms with Crippen LogP contribution in [0.4, 0.5) is 0 Å². The highest BCUT2D eigenvalue weighted by Gasteiger charge is 2.36. The van der Waals surface area contributed by atoms with Crippen molar-refractivity contribution in [1.82, 2.24) is 4.98 Å². The Morgan fingerprint density at radius 3 is 2.85 bits per heavy atom. The van der Waals surface area contributed by atoms with Crippen LogP contribution in [0.15, 0.2) is 66.2 Å². The van der Waals surface area contributed by atoms with Crippen LogP contribution in [0.25, 0.3) is 10.9 Å². The predicted octanol–water partition coefficient (Wildman–Crippen LogP) is 3.20. The van der Waals surface area contributed by atoms with Crippen molar-refractivity contribution in [2.45, 2.75) is 12.8 Å². The molecule has 4 rings (SSSR count). The third-order valence-electron chi connectivity index (χ3n) is 4.57. The summed E-state index contributed by atoms with van der Waals surface area (Å²) < 4.78 is 10.9. The largest absolute Gasteiger partial charge is 0.508 e. The number of nitrogens with two attached hydrogens (primary N) is 1. The molecule has 2 aromatic carbocycles. The first-order chi connectivity index (χ1) is 13.1. The van der Waals surface area contributed by atoms with E-state index in [0.717, 1.165) is 22.0 Å². The summed E-state index contributed by atoms with van der Waals surface area (Å²) in [5, 5.41) is 10.7. The fraction of sp³-hybridized carbons (Fsp3) is 0.143. The van der Waals surface area contributed by atoms with Crippen molar-refractivity contribution in [2.24, 2.45) is 5.73 Å². The third-order valence-corrected chi connectivity index (χ3v) is 4.57. The van der Waals surface area contributed by atoms with Crippen molar-refractivity contribution in [3.05, 3.63) is 77.3 Å². The lowest BCUT2D eigenvalue weighted by molar-refractivity contribution is -0.139. The summed E-state index contributed by atoms with van der Waals surface area (Å²) in [5.74, 6) is -0.593. The summed E-state index contributed by atoms with van der Waals surface area (Å²) in [7, 11) is 0. The molecule has 0 aliphatic carbocycles. The molecule has 1 aromatic heterocycles. The fourth-order valence-corrected chi connectivity index (χ4v) is 3.44. The van der Waals surface area contributed by atoms with Gasteiger partial charge in [0.15, 0.2) is 0 Å². The number of carbonyl (C=O) groups is 1. The van der Waals surface area contributed by atoms with E-state index in [9.17, 15) is 9.90 Å². The van der Waals surface area contributed by atoms with Crippen molar-refractivity contribution in [3.63, 3.8) is 0 Å². The van der Waals surface area contributed by atoms with Crippen LogP contribution in [0.5, 0.6) is 11.5 Å². The predicted molar refractivity (Wildman–Crippen MR) is 100 cm³/mol. The van der Waals surface area contributed by atoms with Gasteiger partial charge in [-0.25, -0.2) is 4.79 Å². The van der Waals surface area contributed by atoms with Crippen LogP contribution in [0.1, 0.15) is 24.0 Å². The summed E-state index contributed by atoms with van der Waals surface area (Å²) in [6.07, 6.45) is 1.70. The van der Waals surface area contributed by atoms with Crippen LogP contribution in [0.2, 0.25) is 0 Å². The number of rotatable bonds is 3. The molecular formula is C21H18N2O4. The summed E-state index contributed by atoms with van der Waals surface area (Å²) in [4.78, 5) is 17.1. The topological polar surface area (TPSA) is 94.7 Å². The number of hydrogen-bond acceptors (Lipinski definition) is 6. The second-order valence-corrected chi connectivity index (χ2v) is 6.17. The van der Waals surface area contributed by atoms with Gasteiger partial charge in [0.1, 0.15) is 17.1 Å². The van der Waals surface area contributed by atoms with Gasteiger partial charge < -0.3 is 20.3 Å². The van der Waals surface area contributed by atoms with Crippen molar-refractivity contribution >= 4 is 16.9 Å². The first-order valence-electron chi connectivity index (χ1n) is 8.61. The van der Waals surface area contributed by atoms with E-state index in [2.05, 4.69) is 4.98 Å². The van der Waals surface area contributed by atoms with Gasteiger partial charge in [0, 0.05) is 23.2 Å². The SMILES string of the molecule is CCOC(=O)C1=C(N)Oc2cc(O)ccc2[C@H]1c1ccnc2ccccc12. The number of benzene rings is 2. The summed E-state index contributed by atoms with van der Waals surface area (Å²) in [6.45, 7) is 1.96. The molecule has 6 heteroatoms. The first-order valence-corrected chi connectivity index (χ1v) is 8.61. The molecule has 3 aromatic rings. The molecular weight excluding hydrogens is 344 g/mol. The van der Waals surface area contributed by atoms with Crippen molar-refractivity contribution in [3.8, 4) is 11.5 Å². The van der Waals surface area contributed by atoms with Gasteiger partial charge in [-0.15, -0.1) is 0 Å². The van der Waals surface area contributed by atoms with Crippen molar-refractivity contribution < 1.29 is 19.4 Å². The number of nitrogens with zero attached hydrogens (tertiary/aromatic N) is 1. The maximum absolute atomic E-state index is 12.7. The number of pyridine rings is 1. The van der Waals surface area contributed by atoms with Gasteiger partial charge >= 0.3 is 5.97 Å². The number of carbonyl (C=O) groups excluding carboxylic acids is 1. The number of ether oxygens (including phenoxy) is 2. The normalized spacial score (nSPS) is 16.0. The molecule has 0 spiro atoms. The summed E-state index contributed by atoms with van der Waals surface area (Å²) >= 11 is 0. The molecule has 1 atom stereocenters. The first kappa shape index (κ1) is 16.9.